The van der Waals surface area contributed by atoms with Crippen molar-refractivity contribution in [1.29, 1.82) is 0 Å². The van der Waals surface area contributed by atoms with E-state index < -0.39 is 0 Å². The van der Waals surface area contributed by atoms with Crippen molar-refractivity contribution >= 4 is 38.0 Å². The normalized spacial score (nSPS) is 11.4. The molecule has 0 unspecified atom stereocenters. The Hall–Kier alpha value is -3.33. The molecule has 0 saturated heterocycles. The largest absolute Gasteiger partial charge is 0.449 e. The molecule has 2 aromatic carbocycles. The van der Waals surface area contributed by atoms with Crippen LogP contribution in [0.3, 0.4) is 0 Å². The highest BCUT2D eigenvalue weighted by Crippen LogP contribution is 2.24. The molecule has 3 aromatic heterocycles. The number of para-hydroxylation sites is 1. The van der Waals surface area contributed by atoms with Gasteiger partial charge in [-0.05, 0) is 41.6 Å². The van der Waals surface area contributed by atoms with Gasteiger partial charge in [0.2, 0.25) is 11.4 Å². The lowest BCUT2D eigenvalue weighted by Crippen LogP contribution is -2.15. The van der Waals surface area contributed by atoms with Gasteiger partial charge < -0.3 is 9.40 Å². The Morgan fingerprint density at radius 3 is 2.78 bits per heavy atom. The zero-order valence-corrected chi connectivity index (χ0v) is 15.3. The fourth-order valence-electron chi connectivity index (χ4n) is 2.88. The second-order valence-electron chi connectivity index (χ2n) is 5.94. The summed E-state index contributed by atoms with van der Waals surface area (Å²) < 4.78 is 6.57. The molecule has 8 nitrogen and oxygen atoms in total. The number of fused-ring (bicyclic) bond motifs is 3. The molecule has 0 radical (unpaired) electrons. The highest BCUT2D eigenvalue weighted by molar-refractivity contribution is 9.10. The van der Waals surface area contributed by atoms with Gasteiger partial charge in [0, 0.05) is 15.4 Å². The van der Waals surface area contributed by atoms with Crippen molar-refractivity contribution in [3.8, 4) is 11.4 Å². The number of H-pyrrole nitrogens is 1. The van der Waals surface area contributed by atoms with Crippen molar-refractivity contribution in [2.24, 2.45) is 0 Å². The summed E-state index contributed by atoms with van der Waals surface area (Å²) in [5, 5.41) is 13.3. The summed E-state index contributed by atoms with van der Waals surface area (Å²) in [6.07, 6.45) is 0. The molecule has 5 rings (SSSR count). The summed E-state index contributed by atoms with van der Waals surface area (Å²) in [6, 6.07) is 15.0. The second-order valence-corrected chi connectivity index (χ2v) is 6.85. The van der Waals surface area contributed by atoms with Crippen LogP contribution in [0.15, 0.2) is 62.2 Å². The molecule has 0 atom stereocenters. The molecule has 0 aliphatic heterocycles. The molecule has 27 heavy (non-hydrogen) atoms. The number of aromatic amines is 1. The van der Waals surface area contributed by atoms with E-state index >= 15 is 0 Å². The van der Waals surface area contributed by atoms with Crippen LogP contribution in [-0.2, 0) is 6.54 Å². The van der Waals surface area contributed by atoms with Crippen molar-refractivity contribution in [3.63, 3.8) is 0 Å². The van der Waals surface area contributed by atoms with Crippen LogP contribution < -0.4 is 5.56 Å². The predicted molar refractivity (Wildman–Crippen MR) is 102 cm³/mol. The van der Waals surface area contributed by atoms with E-state index in [0.717, 1.165) is 15.4 Å². The first-order valence-corrected chi connectivity index (χ1v) is 8.91. The molecule has 1 N–H and O–H groups in total. The fourth-order valence-corrected chi connectivity index (χ4v) is 3.15. The first-order chi connectivity index (χ1) is 13.2. The fraction of sp³-hybridized carbons (Fsp3) is 0.0556. The van der Waals surface area contributed by atoms with Crippen molar-refractivity contribution < 1.29 is 4.42 Å². The molecule has 0 amide bonds. The molecule has 0 fully saturated rings. The van der Waals surface area contributed by atoms with E-state index in [1.807, 2.05) is 42.5 Å². The Bertz CT molecular complexity index is 1340. The highest BCUT2D eigenvalue weighted by Gasteiger charge is 2.14. The van der Waals surface area contributed by atoms with E-state index in [0.29, 0.717) is 22.7 Å². The van der Waals surface area contributed by atoms with Crippen LogP contribution in [0.4, 0.5) is 0 Å². The van der Waals surface area contributed by atoms with E-state index in [-0.39, 0.29) is 17.7 Å². The lowest BCUT2D eigenvalue weighted by atomic mass is 10.2. The van der Waals surface area contributed by atoms with Gasteiger partial charge in [-0.1, -0.05) is 28.1 Å². The molecule has 0 bridgehead atoms. The number of tetrazole rings is 1. The minimum atomic E-state index is -0.334. The number of furan rings is 1. The van der Waals surface area contributed by atoms with Crippen LogP contribution in [0.1, 0.15) is 5.82 Å². The summed E-state index contributed by atoms with van der Waals surface area (Å²) in [5.74, 6) is 0.929. The number of halogens is 1. The number of aromatic nitrogens is 6. The van der Waals surface area contributed by atoms with Gasteiger partial charge in [0.15, 0.2) is 0 Å². The van der Waals surface area contributed by atoms with Crippen LogP contribution in [0.2, 0.25) is 0 Å². The Morgan fingerprint density at radius 2 is 1.93 bits per heavy atom. The number of nitrogens with zero attached hydrogens (tertiary/aromatic N) is 5. The maximum Gasteiger partial charge on any atom is 0.294 e. The summed E-state index contributed by atoms with van der Waals surface area (Å²) in [5.41, 5.74) is 1.88. The van der Waals surface area contributed by atoms with Crippen LogP contribution in [-0.4, -0.2) is 30.2 Å². The zero-order chi connectivity index (χ0) is 18.4. The molecule has 132 valence electrons. The van der Waals surface area contributed by atoms with Crippen LogP contribution in [0.25, 0.3) is 33.5 Å². The summed E-state index contributed by atoms with van der Waals surface area (Å²) >= 11 is 3.40. The Morgan fingerprint density at radius 1 is 1.11 bits per heavy atom. The zero-order valence-electron chi connectivity index (χ0n) is 13.8. The van der Waals surface area contributed by atoms with E-state index in [2.05, 4.69) is 41.3 Å². The summed E-state index contributed by atoms with van der Waals surface area (Å²) in [7, 11) is 0. The SMILES string of the molecule is O=c1[nH]c(Cn2nnc(-c3ccc(Br)cc3)n2)nc2c1oc1ccccc12. The van der Waals surface area contributed by atoms with Gasteiger partial charge in [-0.25, -0.2) is 4.98 Å². The molecule has 0 spiro atoms. The first-order valence-electron chi connectivity index (χ1n) is 8.11. The second kappa shape index (κ2) is 6.13. The van der Waals surface area contributed by atoms with Crippen LogP contribution >= 0.6 is 15.9 Å². The average Bonchev–Trinajstić information content (AvgIpc) is 3.28. The summed E-state index contributed by atoms with van der Waals surface area (Å²) in [4.78, 5) is 21.0. The standard InChI is InChI=1S/C18H11BrN6O2/c19-11-7-5-10(6-8-11)17-22-24-25(23-17)9-14-20-15-12-3-1-2-4-13(12)27-16(15)18(26)21-14/h1-8H,9H2,(H,20,21,26). The van der Waals surface area contributed by atoms with E-state index in [4.69, 9.17) is 4.42 Å². The minimum Gasteiger partial charge on any atom is -0.449 e. The Balaban J connectivity index is 1.52. The first kappa shape index (κ1) is 15.9. The number of hydrogen-bond donors (Lipinski definition) is 1. The third-order valence-electron chi connectivity index (χ3n) is 4.13. The maximum atomic E-state index is 12.4. The highest BCUT2D eigenvalue weighted by atomic mass is 79.9. The van der Waals surface area contributed by atoms with E-state index in [1.54, 1.807) is 6.07 Å². The number of rotatable bonds is 3. The average molecular weight is 423 g/mol. The molecular weight excluding hydrogens is 412 g/mol. The van der Waals surface area contributed by atoms with Crippen molar-refractivity contribution in [2.45, 2.75) is 6.54 Å². The van der Waals surface area contributed by atoms with E-state index in [9.17, 15) is 4.79 Å². The molecule has 0 aliphatic carbocycles. The van der Waals surface area contributed by atoms with Gasteiger partial charge in [-0.3, -0.25) is 4.79 Å². The molecule has 5 aromatic rings. The topological polar surface area (TPSA) is 102 Å². The quantitative estimate of drug-likeness (QED) is 0.479. The van der Waals surface area contributed by atoms with Gasteiger partial charge >= 0.3 is 0 Å². The molecule has 9 heteroatoms. The lowest BCUT2D eigenvalue weighted by Gasteiger charge is -1.99. The van der Waals surface area contributed by atoms with Gasteiger partial charge in [0.05, 0.1) is 0 Å². The maximum absolute atomic E-state index is 12.4. The van der Waals surface area contributed by atoms with Crippen LogP contribution in [0.5, 0.6) is 0 Å². The van der Waals surface area contributed by atoms with Crippen LogP contribution in [0, 0.1) is 0 Å². The Labute approximate surface area is 160 Å². The van der Waals surface area contributed by atoms with Gasteiger partial charge in [-0.15, -0.1) is 10.2 Å². The lowest BCUT2D eigenvalue weighted by molar-refractivity contribution is 0.553. The van der Waals surface area contributed by atoms with Gasteiger partial charge in [0.25, 0.3) is 5.56 Å². The van der Waals surface area contributed by atoms with Crippen molar-refractivity contribution in [3.05, 3.63) is 69.2 Å². The van der Waals surface area contributed by atoms with Gasteiger partial charge in [-0.2, -0.15) is 4.80 Å². The van der Waals surface area contributed by atoms with Crippen molar-refractivity contribution in [1.82, 2.24) is 30.2 Å². The summed E-state index contributed by atoms with van der Waals surface area (Å²) in [6.45, 7) is 0.189. The number of hydrogen-bond acceptors (Lipinski definition) is 6. The number of nitrogens with one attached hydrogen (secondary N) is 1. The minimum absolute atomic E-state index is 0.189. The molecular formula is C18H11BrN6O2. The van der Waals surface area contributed by atoms with E-state index in [1.165, 1.54) is 4.80 Å². The number of benzene rings is 2. The van der Waals surface area contributed by atoms with Crippen molar-refractivity contribution in [2.75, 3.05) is 0 Å². The van der Waals surface area contributed by atoms with Gasteiger partial charge in [0.1, 0.15) is 23.5 Å². The molecule has 3 heterocycles. The smallest absolute Gasteiger partial charge is 0.294 e. The third kappa shape index (κ3) is 2.81. The third-order valence-corrected chi connectivity index (χ3v) is 4.66. The molecule has 0 saturated carbocycles. The monoisotopic (exact) mass is 422 g/mol. The molecule has 0 aliphatic rings. The predicted octanol–water partition coefficient (Wildman–Crippen LogP) is 3.13. The Kier molecular flexibility index (Phi) is 3.61.